The van der Waals surface area contributed by atoms with E-state index in [1.54, 1.807) is 24.3 Å². The Morgan fingerprint density at radius 3 is 1.53 bits per heavy atom. The lowest BCUT2D eigenvalue weighted by atomic mass is 9.92. The van der Waals surface area contributed by atoms with Gasteiger partial charge in [-0.1, -0.05) is 24.3 Å². The highest BCUT2D eigenvalue weighted by Crippen LogP contribution is 2.40. The summed E-state index contributed by atoms with van der Waals surface area (Å²) in [6.45, 7) is 0. The fourth-order valence-electron chi connectivity index (χ4n) is 2.01. The van der Waals surface area contributed by atoms with E-state index in [0.717, 1.165) is 11.1 Å². The van der Waals surface area contributed by atoms with Crippen molar-refractivity contribution in [3.63, 3.8) is 0 Å². The molecule has 0 heterocycles. The number of alkyl halides is 1. The molecule has 2 rings (SSSR count). The van der Waals surface area contributed by atoms with E-state index in [2.05, 4.69) is 0 Å². The molecule has 100 valence electrons. The first-order valence-corrected chi connectivity index (χ1v) is 9.35. The standard InChI is InChI=1S/C14H12Cl2F2Si/c15-14(9-19-16,10-1-5-12(17)6-2-10)11-3-7-13(18)8-4-11/h1-8H,9,19H2. The summed E-state index contributed by atoms with van der Waals surface area (Å²) in [4.78, 5) is -0.810. The number of halogens is 4. The van der Waals surface area contributed by atoms with Crippen molar-refractivity contribution in [3.8, 4) is 0 Å². The summed E-state index contributed by atoms with van der Waals surface area (Å²) in [6.07, 6.45) is 0. The van der Waals surface area contributed by atoms with Gasteiger partial charge in [0.05, 0.1) is 4.87 Å². The SMILES string of the molecule is Fc1ccc(C(Cl)(C[SiH2]Cl)c2ccc(F)cc2)cc1. The Hall–Kier alpha value is -0.903. The fourth-order valence-corrected chi connectivity index (χ4v) is 4.53. The van der Waals surface area contributed by atoms with Crippen molar-refractivity contribution in [2.75, 3.05) is 0 Å². The zero-order valence-electron chi connectivity index (χ0n) is 10.0. The Bertz CT molecular complexity index is 495. The average molecular weight is 317 g/mol. The third-order valence-electron chi connectivity index (χ3n) is 3.04. The van der Waals surface area contributed by atoms with Crippen LogP contribution in [-0.2, 0) is 4.87 Å². The van der Waals surface area contributed by atoms with E-state index >= 15 is 0 Å². The first kappa shape index (κ1) is 14.5. The van der Waals surface area contributed by atoms with Gasteiger partial charge in [0.2, 0.25) is 0 Å². The third-order valence-corrected chi connectivity index (χ3v) is 5.49. The highest BCUT2D eigenvalue weighted by molar-refractivity contribution is 6.94. The Morgan fingerprint density at radius 1 is 0.842 bits per heavy atom. The maximum absolute atomic E-state index is 13.0. The molecule has 0 atom stereocenters. The summed E-state index contributed by atoms with van der Waals surface area (Å²) in [6, 6.07) is 12.7. The van der Waals surface area contributed by atoms with E-state index in [4.69, 9.17) is 22.7 Å². The molecule has 0 radical (unpaired) electrons. The second kappa shape index (κ2) is 6.03. The first-order valence-electron chi connectivity index (χ1n) is 5.83. The number of benzene rings is 2. The van der Waals surface area contributed by atoms with E-state index in [1.165, 1.54) is 24.3 Å². The summed E-state index contributed by atoms with van der Waals surface area (Å²) in [7, 11) is -0.844. The molecule has 0 saturated heterocycles. The largest absolute Gasteiger partial charge is 0.207 e. The van der Waals surface area contributed by atoms with Gasteiger partial charge in [-0.3, -0.25) is 0 Å². The minimum atomic E-state index is -0.844. The van der Waals surface area contributed by atoms with Crippen LogP contribution in [0.15, 0.2) is 48.5 Å². The third kappa shape index (κ3) is 3.16. The fraction of sp³-hybridized carbons (Fsp3) is 0.143. The molecule has 0 nitrogen and oxygen atoms in total. The minimum absolute atomic E-state index is 0.315. The maximum atomic E-state index is 13.0. The van der Waals surface area contributed by atoms with Gasteiger partial charge in [0.15, 0.2) is 0 Å². The Kier molecular flexibility index (Phi) is 4.61. The smallest absolute Gasteiger partial charge is 0.127 e. The summed E-state index contributed by atoms with van der Waals surface area (Å²) in [5.74, 6) is -0.630. The van der Waals surface area contributed by atoms with Crippen LogP contribution >= 0.6 is 22.7 Å². The molecule has 0 aliphatic rings. The predicted octanol–water partition coefficient (Wildman–Crippen LogP) is 4.19. The van der Waals surface area contributed by atoms with Crippen LogP contribution in [0.2, 0.25) is 6.04 Å². The molecule has 0 N–H and O–H groups in total. The van der Waals surface area contributed by atoms with Gasteiger partial charge in [0.1, 0.15) is 20.5 Å². The van der Waals surface area contributed by atoms with Crippen molar-refractivity contribution in [1.82, 2.24) is 0 Å². The lowest BCUT2D eigenvalue weighted by Crippen LogP contribution is -2.21. The van der Waals surface area contributed by atoms with Crippen molar-refractivity contribution in [2.45, 2.75) is 10.9 Å². The molecule has 0 aliphatic heterocycles. The highest BCUT2D eigenvalue weighted by atomic mass is 35.6. The summed E-state index contributed by atoms with van der Waals surface area (Å²) < 4.78 is 26.0. The molecule has 2 aromatic rings. The minimum Gasteiger partial charge on any atom is -0.207 e. The summed E-state index contributed by atoms with van der Waals surface area (Å²) in [5.41, 5.74) is 1.55. The van der Waals surface area contributed by atoms with Crippen LogP contribution in [0.1, 0.15) is 11.1 Å². The molecule has 0 aliphatic carbocycles. The van der Waals surface area contributed by atoms with E-state index in [1.807, 2.05) is 0 Å². The van der Waals surface area contributed by atoms with Crippen LogP contribution in [0.4, 0.5) is 8.78 Å². The molecule has 0 aromatic heterocycles. The zero-order valence-corrected chi connectivity index (χ0v) is 13.0. The van der Waals surface area contributed by atoms with Crippen LogP contribution in [0, 0.1) is 11.6 Å². The van der Waals surface area contributed by atoms with E-state index in [9.17, 15) is 8.78 Å². The molecular formula is C14H12Cl2F2Si. The van der Waals surface area contributed by atoms with E-state index < -0.39 is 13.7 Å². The number of hydrogen-bond donors (Lipinski definition) is 0. The molecule has 19 heavy (non-hydrogen) atoms. The van der Waals surface area contributed by atoms with Crippen LogP contribution in [0.25, 0.3) is 0 Å². The lowest BCUT2D eigenvalue weighted by Gasteiger charge is -2.27. The van der Waals surface area contributed by atoms with Gasteiger partial charge in [0.25, 0.3) is 0 Å². The van der Waals surface area contributed by atoms with Crippen molar-refractivity contribution in [1.29, 1.82) is 0 Å². The van der Waals surface area contributed by atoms with Gasteiger partial charge >= 0.3 is 0 Å². The monoisotopic (exact) mass is 316 g/mol. The van der Waals surface area contributed by atoms with Crippen LogP contribution in [0.3, 0.4) is 0 Å². The molecular weight excluding hydrogens is 305 g/mol. The number of hydrogen-bond acceptors (Lipinski definition) is 0. The second-order valence-corrected chi connectivity index (χ2v) is 6.91. The molecule has 0 spiro atoms. The average Bonchev–Trinajstić information content (AvgIpc) is 2.40. The highest BCUT2D eigenvalue weighted by Gasteiger charge is 2.31. The Labute approximate surface area is 122 Å². The van der Waals surface area contributed by atoms with Gasteiger partial charge in [-0.2, -0.15) is 11.1 Å². The molecule has 0 saturated carbocycles. The quantitative estimate of drug-likeness (QED) is 0.451. The van der Waals surface area contributed by atoms with Crippen molar-refractivity contribution >= 4 is 31.5 Å². The molecule has 0 unspecified atom stereocenters. The van der Waals surface area contributed by atoms with Gasteiger partial charge in [-0.15, -0.1) is 11.6 Å². The topological polar surface area (TPSA) is 0 Å². The van der Waals surface area contributed by atoms with Gasteiger partial charge < -0.3 is 0 Å². The number of rotatable bonds is 4. The zero-order chi connectivity index (χ0) is 13.9. The van der Waals surface area contributed by atoms with Crippen molar-refractivity contribution < 1.29 is 8.78 Å². The maximum Gasteiger partial charge on any atom is 0.127 e. The molecule has 0 fully saturated rings. The van der Waals surface area contributed by atoms with E-state index in [0.29, 0.717) is 6.04 Å². The van der Waals surface area contributed by atoms with Crippen molar-refractivity contribution in [3.05, 3.63) is 71.3 Å². The van der Waals surface area contributed by atoms with Crippen LogP contribution in [-0.4, -0.2) is 8.83 Å². The Morgan fingerprint density at radius 2 is 1.21 bits per heavy atom. The van der Waals surface area contributed by atoms with Gasteiger partial charge in [-0.05, 0) is 41.4 Å². The second-order valence-electron chi connectivity index (χ2n) is 4.25. The van der Waals surface area contributed by atoms with Gasteiger partial charge in [0, 0.05) is 0 Å². The molecule has 0 amide bonds. The van der Waals surface area contributed by atoms with Gasteiger partial charge in [-0.25, -0.2) is 8.78 Å². The van der Waals surface area contributed by atoms with Crippen LogP contribution < -0.4 is 0 Å². The first-order chi connectivity index (χ1) is 9.06. The Balaban J connectivity index is 2.47. The van der Waals surface area contributed by atoms with Crippen molar-refractivity contribution in [2.24, 2.45) is 0 Å². The summed E-state index contributed by atoms with van der Waals surface area (Å²) in [5, 5.41) is 0. The predicted molar refractivity (Wildman–Crippen MR) is 78.6 cm³/mol. The summed E-state index contributed by atoms with van der Waals surface area (Å²) >= 11 is 12.7. The van der Waals surface area contributed by atoms with E-state index in [-0.39, 0.29) is 11.6 Å². The molecule has 0 bridgehead atoms. The normalized spacial score (nSPS) is 12.2. The lowest BCUT2D eigenvalue weighted by molar-refractivity contribution is 0.624. The molecule has 2 aromatic carbocycles. The van der Waals surface area contributed by atoms with Crippen LogP contribution in [0.5, 0.6) is 0 Å². The molecule has 5 heteroatoms.